The van der Waals surface area contributed by atoms with Crippen LogP contribution in [0.1, 0.15) is 29.3 Å². The molecule has 0 spiro atoms. The number of nitrogens with one attached hydrogen (secondary N) is 1. The zero-order valence-corrected chi connectivity index (χ0v) is 18.1. The van der Waals surface area contributed by atoms with Gasteiger partial charge in [0.05, 0.1) is 34.8 Å². The van der Waals surface area contributed by atoms with E-state index < -0.39 is 23.0 Å². The van der Waals surface area contributed by atoms with Gasteiger partial charge in [-0.05, 0) is 62.2 Å². The number of benzene rings is 2. The van der Waals surface area contributed by atoms with Gasteiger partial charge in [-0.25, -0.2) is 4.79 Å². The molecule has 0 aliphatic heterocycles. The molecule has 0 atom stereocenters. The average Bonchev–Trinajstić information content (AvgIpc) is 2.81. The van der Waals surface area contributed by atoms with Crippen LogP contribution in [0.25, 0.3) is 5.69 Å². The number of hydrogen-bond donors (Lipinski definition) is 1. The van der Waals surface area contributed by atoms with E-state index in [0.717, 1.165) is 21.3 Å². The summed E-state index contributed by atoms with van der Waals surface area (Å²) in [6.07, 6.45) is -3.39. The average molecular weight is 465 g/mol. The van der Waals surface area contributed by atoms with Crippen molar-refractivity contribution < 1.29 is 13.2 Å². The molecule has 1 heterocycles. The number of aromatic nitrogens is 2. The lowest BCUT2D eigenvalue weighted by Crippen LogP contribution is -2.41. The minimum Gasteiger partial charge on any atom is -0.278 e. The summed E-state index contributed by atoms with van der Waals surface area (Å²) in [5.41, 5.74) is 1.54. The molecule has 172 valence electrons. The van der Waals surface area contributed by atoms with E-state index >= 15 is 0 Å². The van der Waals surface area contributed by atoms with Crippen LogP contribution in [0.3, 0.4) is 0 Å². The van der Waals surface area contributed by atoms with Gasteiger partial charge in [0.1, 0.15) is 5.56 Å². The van der Waals surface area contributed by atoms with E-state index in [0.29, 0.717) is 11.3 Å². The second-order valence-electron chi connectivity index (χ2n) is 7.00. The van der Waals surface area contributed by atoms with Gasteiger partial charge in [-0.15, -0.1) is 0 Å². The first-order chi connectivity index (χ1) is 16.2. The van der Waals surface area contributed by atoms with Gasteiger partial charge in [-0.3, -0.25) is 19.4 Å². The van der Waals surface area contributed by atoms with Crippen LogP contribution in [0.2, 0.25) is 0 Å². The maximum Gasteiger partial charge on any atom is 0.416 e. The lowest BCUT2D eigenvalue weighted by molar-refractivity contribution is -0.137. The molecule has 0 aliphatic carbocycles. The van der Waals surface area contributed by atoms with E-state index in [2.05, 4.69) is 22.4 Å². The lowest BCUT2D eigenvalue weighted by atomic mass is 10.1. The summed E-state index contributed by atoms with van der Waals surface area (Å²) in [6, 6.07) is 12.8. The lowest BCUT2D eigenvalue weighted by Gasteiger charge is -2.16. The number of anilines is 1. The fraction of sp³-hybridized carbons (Fsp3) is 0.167. The molecule has 3 aromatic rings. The Morgan fingerprint density at radius 2 is 1.85 bits per heavy atom. The molecule has 1 N–H and O–H groups in total. The van der Waals surface area contributed by atoms with Crippen molar-refractivity contribution in [1.82, 2.24) is 9.13 Å². The fourth-order valence-electron chi connectivity index (χ4n) is 3.16. The molecular formula is C24H18F3N5O2. The molecule has 0 aliphatic rings. The van der Waals surface area contributed by atoms with E-state index in [4.69, 9.17) is 5.26 Å². The molecular weight excluding hydrogens is 447 g/mol. The second-order valence-corrected chi connectivity index (χ2v) is 7.00. The zero-order valence-electron chi connectivity index (χ0n) is 18.1. The Balaban J connectivity index is 2.01. The van der Waals surface area contributed by atoms with E-state index in [1.54, 1.807) is 31.2 Å². The quantitative estimate of drug-likeness (QED) is 0.362. The molecule has 0 saturated carbocycles. The molecule has 2 aromatic carbocycles. The van der Waals surface area contributed by atoms with Crippen molar-refractivity contribution >= 4 is 11.9 Å². The van der Waals surface area contributed by atoms with Crippen LogP contribution in [-0.2, 0) is 12.7 Å². The Morgan fingerprint density at radius 3 is 2.47 bits per heavy atom. The topological polar surface area (TPSA) is 92.2 Å². The summed E-state index contributed by atoms with van der Waals surface area (Å²) < 4.78 is 41.5. The highest BCUT2D eigenvalue weighted by Crippen LogP contribution is 2.30. The Kier molecular flexibility index (Phi) is 7.03. The number of hydrogen-bond acceptors (Lipinski definition) is 5. The van der Waals surface area contributed by atoms with Crippen molar-refractivity contribution in [2.75, 3.05) is 5.43 Å². The third-order valence-electron chi connectivity index (χ3n) is 4.86. The number of nitriles is 1. The van der Waals surface area contributed by atoms with Gasteiger partial charge in [0.25, 0.3) is 5.56 Å². The molecule has 3 rings (SSSR count). The Labute approximate surface area is 192 Å². The summed E-state index contributed by atoms with van der Waals surface area (Å²) in [6.45, 7) is 3.04. The highest BCUT2D eigenvalue weighted by Gasteiger charge is 2.31. The predicted molar refractivity (Wildman–Crippen MR) is 122 cm³/mol. The van der Waals surface area contributed by atoms with Crippen molar-refractivity contribution in [3.05, 3.63) is 91.8 Å². The molecule has 0 bridgehead atoms. The molecule has 34 heavy (non-hydrogen) atoms. The van der Waals surface area contributed by atoms with E-state index in [1.807, 2.05) is 6.07 Å². The Hall–Kier alpha value is -4.57. The smallest absolute Gasteiger partial charge is 0.278 e. The summed E-state index contributed by atoms with van der Waals surface area (Å²) in [7, 11) is 0. The van der Waals surface area contributed by atoms with Crippen LogP contribution in [0.15, 0.2) is 63.2 Å². The molecule has 0 fully saturated rings. The van der Waals surface area contributed by atoms with Crippen molar-refractivity contribution in [2.24, 2.45) is 5.10 Å². The highest BCUT2D eigenvalue weighted by molar-refractivity contribution is 5.80. The molecule has 7 nitrogen and oxygen atoms in total. The minimum absolute atomic E-state index is 0.0138. The van der Waals surface area contributed by atoms with Crippen molar-refractivity contribution in [2.45, 2.75) is 26.6 Å². The van der Waals surface area contributed by atoms with Gasteiger partial charge in [0, 0.05) is 12.2 Å². The van der Waals surface area contributed by atoms with Crippen molar-refractivity contribution in [3.63, 3.8) is 0 Å². The fourth-order valence-corrected chi connectivity index (χ4v) is 3.16. The van der Waals surface area contributed by atoms with Crippen molar-refractivity contribution in [3.8, 4) is 23.6 Å². The Morgan fingerprint density at radius 1 is 1.15 bits per heavy atom. The van der Waals surface area contributed by atoms with Gasteiger partial charge >= 0.3 is 11.9 Å². The van der Waals surface area contributed by atoms with E-state index in [-0.39, 0.29) is 23.5 Å². The van der Waals surface area contributed by atoms with Gasteiger partial charge in [-0.1, -0.05) is 12.0 Å². The van der Waals surface area contributed by atoms with Gasteiger partial charge < -0.3 is 0 Å². The molecule has 0 amide bonds. The van der Waals surface area contributed by atoms with Crippen LogP contribution in [0, 0.1) is 30.1 Å². The second kappa shape index (κ2) is 9.92. The largest absolute Gasteiger partial charge is 0.416 e. The standard InChI is InChI=1S/C24H18F3N5O2/c1-3-31-22(33)21(8-5-13-29-30-19-11-9-17(15-28)10-12-19)16(2)32(23(31)34)20-7-4-6-18(14-20)24(25,26)27/h4,6-7,9-14,30H,3H2,1-2H3/b29-13-. The molecule has 0 unspecified atom stereocenters. The predicted octanol–water partition coefficient (Wildman–Crippen LogP) is 3.67. The van der Waals surface area contributed by atoms with Gasteiger partial charge in [-0.2, -0.15) is 23.5 Å². The molecule has 1 aromatic heterocycles. The van der Waals surface area contributed by atoms with Crippen LogP contribution in [-0.4, -0.2) is 15.3 Å². The summed E-state index contributed by atoms with van der Waals surface area (Å²) in [4.78, 5) is 25.7. The summed E-state index contributed by atoms with van der Waals surface area (Å²) in [5.74, 6) is 5.24. The van der Waals surface area contributed by atoms with Crippen LogP contribution in [0.5, 0.6) is 0 Å². The third kappa shape index (κ3) is 5.08. The number of rotatable bonds is 4. The minimum atomic E-state index is -4.59. The number of hydrazone groups is 1. The first kappa shape index (κ1) is 24.1. The van der Waals surface area contributed by atoms with Crippen LogP contribution >= 0.6 is 0 Å². The summed E-state index contributed by atoms with van der Waals surface area (Å²) in [5, 5.41) is 12.7. The maximum atomic E-state index is 13.2. The van der Waals surface area contributed by atoms with Crippen molar-refractivity contribution in [1.29, 1.82) is 5.26 Å². The summed E-state index contributed by atoms with van der Waals surface area (Å²) >= 11 is 0. The number of halogens is 3. The maximum absolute atomic E-state index is 13.2. The van der Waals surface area contributed by atoms with Gasteiger partial charge in [0.2, 0.25) is 0 Å². The Bertz CT molecular complexity index is 1460. The normalized spacial score (nSPS) is 11.1. The zero-order chi connectivity index (χ0) is 24.9. The third-order valence-corrected chi connectivity index (χ3v) is 4.86. The first-order valence-electron chi connectivity index (χ1n) is 10.0. The number of alkyl halides is 3. The molecule has 0 radical (unpaired) electrons. The van der Waals surface area contributed by atoms with Gasteiger partial charge in [0.15, 0.2) is 0 Å². The first-order valence-corrected chi connectivity index (χ1v) is 10.0. The van der Waals surface area contributed by atoms with E-state index in [9.17, 15) is 22.8 Å². The monoisotopic (exact) mass is 465 g/mol. The number of nitrogens with zero attached hydrogens (tertiary/aromatic N) is 4. The SMILES string of the molecule is CCn1c(=O)c(C#C/C=N\Nc2ccc(C#N)cc2)c(C)n(-c2cccc(C(F)(F)F)c2)c1=O. The molecule has 0 saturated heterocycles. The highest BCUT2D eigenvalue weighted by atomic mass is 19.4. The molecule has 10 heteroatoms. The van der Waals surface area contributed by atoms with Crippen LogP contribution < -0.4 is 16.7 Å². The van der Waals surface area contributed by atoms with Crippen LogP contribution in [0.4, 0.5) is 18.9 Å². The van der Waals surface area contributed by atoms with E-state index in [1.165, 1.54) is 25.3 Å².